The first-order chi connectivity index (χ1) is 16.5. The van der Waals surface area contributed by atoms with E-state index < -0.39 is 0 Å². The Morgan fingerprint density at radius 1 is 0.444 bits per heavy atom. The van der Waals surface area contributed by atoms with Gasteiger partial charge in [0.1, 0.15) is 11.0 Å². The van der Waals surface area contributed by atoms with Crippen molar-refractivity contribution in [3.63, 3.8) is 0 Å². The van der Waals surface area contributed by atoms with Crippen molar-refractivity contribution in [1.82, 2.24) is 19.6 Å². The maximum Gasteiger partial charge on any atom is 2.00 e. The zero-order valence-electron chi connectivity index (χ0n) is 24.0. The number of fused-ring (bicyclic) bond motifs is 3. The predicted molar refractivity (Wildman–Crippen MR) is 153 cm³/mol. The Kier molecular flexibility index (Phi) is 29.3. The zero-order valence-corrected chi connectivity index (χ0v) is 27.9. The first kappa shape index (κ1) is 39.6. The van der Waals surface area contributed by atoms with Crippen LogP contribution in [-0.4, -0.2) is 97.1 Å². The third kappa shape index (κ3) is 19.5. The fourth-order valence-corrected chi connectivity index (χ4v) is 5.46. The van der Waals surface area contributed by atoms with Gasteiger partial charge in [0.05, 0.1) is 0 Å². The molecule has 2 radical (unpaired) electrons. The molecule has 0 aliphatic carbocycles. The Balaban J connectivity index is 0. The molecule has 2 heterocycles. The molecule has 0 aromatic heterocycles. The Labute approximate surface area is 256 Å². The molecule has 0 saturated carbocycles. The van der Waals surface area contributed by atoms with Crippen LogP contribution in [-0.2, 0) is 34.1 Å². The average Bonchev–Trinajstić information content (AvgIpc) is 2.91. The smallest absolute Gasteiger partial charge is 0.304 e. The largest absolute Gasteiger partial charge is 2.00 e. The summed E-state index contributed by atoms with van der Waals surface area (Å²) in [5.41, 5.74) is -0.186. The summed E-state index contributed by atoms with van der Waals surface area (Å²) in [6.07, 6.45) is 20.4. The normalized spacial score (nSPS) is 25.5. The van der Waals surface area contributed by atoms with E-state index in [1.165, 1.54) is 89.9 Å². The van der Waals surface area contributed by atoms with Crippen molar-refractivity contribution in [2.24, 2.45) is 0 Å². The molecule has 2 bridgehead atoms. The molecular weight excluding hydrogens is 573 g/mol. The van der Waals surface area contributed by atoms with Gasteiger partial charge in [-0.3, -0.25) is 9.80 Å². The van der Waals surface area contributed by atoms with Gasteiger partial charge in [-0.25, -0.2) is 0 Å². The van der Waals surface area contributed by atoms with Crippen molar-refractivity contribution in [2.45, 2.75) is 115 Å². The van der Waals surface area contributed by atoms with Crippen LogP contribution in [0.2, 0.25) is 0 Å². The molecule has 0 aromatic rings. The summed E-state index contributed by atoms with van der Waals surface area (Å²) in [4.78, 5) is 9.36. The predicted octanol–water partition coefficient (Wildman–Crippen LogP) is 7.09. The van der Waals surface area contributed by atoms with Crippen LogP contribution in [0.5, 0.6) is 0 Å². The summed E-state index contributed by atoms with van der Waals surface area (Å²) >= 11 is 13.1. The van der Waals surface area contributed by atoms with Crippen molar-refractivity contribution < 1.29 is 34.1 Å². The Morgan fingerprint density at radius 3 is 0.889 bits per heavy atom. The van der Waals surface area contributed by atoms with Crippen molar-refractivity contribution in [3.8, 4) is 0 Å². The molecule has 0 N–H and O–H groups in total. The minimum atomic E-state index is -0.0929. The topological polar surface area (TPSA) is 13.0 Å². The summed E-state index contributed by atoms with van der Waals surface area (Å²) in [6.45, 7) is 12.8. The van der Waals surface area contributed by atoms with Gasteiger partial charge in [-0.2, -0.15) is 0 Å². The van der Waals surface area contributed by atoms with Crippen LogP contribution in [0.15, 0.2) is 0 Å². The average molecular weight is 632 g/mol. The second-order valence-electron chi connectivity index (χ2n) is 10.7. The number of hydrogen-bond donors (Lipinski definition) is 0. The molecule has 2 rings (SSSR count). The van der Waals surface area contributed by atoms with E-state index in [-0.39, 0.29) is 45.1 Å². The first-order valence-corrected chi connectivity index (χ1v) is 15.5. The first-order valence-electron chi connectivity index (χ1n) is 14.6. The van der Waals surface area contributed by atoms with E-state index in [9.17, 15) is 0 Å². The van der Waals surface area contributed by atoms with Gasteiger partial charge in [-0.1, -0.05) is 104 Å². The third-order valence-electron chi connectivity index (χ3n) is 7.46. The minimum Gasteiger partial charge on any atom is -0.304 e. The Morgan fingerprint density at radius 2 is 0.667 bits per heavy atom. The maximum atomic E-state index is 6.57. The van der Waals surface area contributed by atoms with E-state index in [0.29, 0.717) is 0 Å². The van der Waals surface area contributed by atoms with Crippen LogP contribution < -0.4 is 0 Å². The maximum absolute atomic E-state index is 6.57. The quantitative estimate of drug-likeness (QED) is 0.0932. The molecule has 214 valence electrons. The van der Waals surface area contributed by atoms with Crippen molar-refractivity contribution in [1.29, 1.82) is 0 Å². The number of rotatable bonds is 13. The van der Waals surface area contributed by atoms with Gasteiger partial charge in [-0.15, -0.1) is 23.2 Å². The van der Waals surface area contributed by atoms with E-state index in [2.05, 4.69) is 47.5 Å². The second kappa shape index (κ2) is 26.7. The molecule has 2 atom stereocenters. The molecule has 8 heteroatoms. The fraction of sp³-hybridized carbons (Fsp3) is 1.00. The monoisotopic (exact) mass is 630 g/mol. The Hall–Kier alpha value is 1.46. The van der Waals surface area contributed by atoms with Gasteiger partial charge in [0.15, 0.2) is 0 Å². The van der Waals surface area contributed by atoms with Crippen LogP contribution in [0.4, 0.5) is 0 Å². The number of nitrogens with zero attached hydrogens (tertiary/aromatic N) is 4. The molecule has 36 heavy (non-hydrogen) atoms. The van der Waals surface area contributed by atoms with Crippen LogP contribution in [0.1, 0.15) is 104 Å². The van der Waals surface area contributed by atoms with Crippen LogP contribution >= 0.6 is 23.2 Å². The van der Waals surface area contributed by atoms with E-state index in [4.69, 9.17) is 23.2 Å². The van der Waals surface area contributed by atoms with Gasteiger partial charge < -0.3 is 9.80 Å². The molecule has 2 unspecified atom stereocenters. The number of likely N-dealkylation sites (N-methyl/N-ethyl adjacent to an activating group) is 2. The SMILES string of the molecule is CCCCCCCCCCCCCCCC.CN1CCN2CCN(C)CCN(CC1)C(Cl)C2Cl.[Mn+2].[Mn+2]. The number of unbranched alkanes of at least 4 members (excludes halogenated alkanes) is 13. The summed E-state index contributed by atoms with van der Waals surface area (Å²) in [6, 6.07) is 0. The summed E-state index contributed by atoms with van der Waals surface area (Å²) < 4.78 is 0. The molecular formula is C28H58Cl2Mn2N4+4. The Bertz CT molecular complexity index is 409. The third-order valence-corrected chi connectivity index (χ3v) is 8.62. The molecule has 0 amide bonds. The molecule has 0 aromatic carbocycles. The standard InChI is InChI=1S/C16H34.C12H24Cl2N4.2Mn/c1-3-5-7-9-11-13-15-16-14-12-10-8-6-4-2;1-15-3-7-17-9-5-16(2)6-10-18(8-4-15)12(14)11(17)13;;/h3-16H2,1-2H3;11-12H,3-10H2,1-2H3;;/q;;2*+2. The minimum absolute atomic E-state index is 0. The van der Waals surface area contributed by atoms with Crippen molar-refractivity contribution >= 4 is 23.2 Å². The van der Waals surface area contributed by atoms with Gasteiger partial charge in [0.25, 0.3) is 0 Å². The molecule has 4 nitrogen and oxygen atoms in total. The molecule has 2 fully saturated rings. The van der Waals surface area contributed by atoms with E-state index in [1.807, 2.05) is 0 Å². The van der Waals surface area contributed by atoms with Gasteiger partial charge in [0.2, 0.25) is 0 Å². The number of alkyl halides is 2. The number of halogens is 2. The summed E-state index contributed by atoms with van der Waals surface area (Å²) in [5.74, 6) is 0. The zero-order chi connectivity index (χ0) is 25.0. The summed E-state index contributed by atoms with van der Waals surface area (Å²) in [7, 11) is 4.35. The number of hydrogen-bond acceptors (Lipinski definition) is 4. The van der Waals surface area contributed by atoms with Gasteiger partial charge in [-0.05, 0) is 14.1 Å². The van der Waals surface area contributed by atoms with Gasteiger partial charge in [0, 0.05) is 52.4 Å². The van der Waals surface area contributed by atoms with Crippen LogP contribution in [0, 0.1) is 0 Å². The van der Waals surface area contributed by atoms with Gasteiger partial charge >= 0.3 is 34.1 Å². The van der Waals surface area contributed by atoms with Crippen molar-refractivity contribution in [3.05, 3.63) is 0 Å². The summed E-state index contributed by atoms with van der Waals surface area (Å²) in [5, 5.41) is 0. The van der Waals surface area contributed by atoms with Crippen LogP contribution in [0.3, 0.4) is 0 Å². The molecule has 2 aliphatic rings. The van der Waals surface area contributed by atoms with E-state index >= 15 is 0 Å². The van der Waals surface area contributed by atoms with Crippen molar-refractivity contribution in [2.75, 3.05) is 66.5 Å². The van der Waals surface area contributed by atoms with E-state index in [0.717, 1.165) is 52.4 Å². The fourth-order valence-electron chi connectivity index (χ4n) is 4.75. The molecule has 2 saturated heterocycles. The van der Waals surface area contributed by atoms with E-state index in [1.54, 1.807) is 0 Å². The molecule has 0 spiro atoms. The molecule has 2 aliphatic heterocycles. The van der Waals surface area contributed by atoms with Crippen LogP contribution in [0.25, 0.3) is 0 Å². The second-order valence-corrected chi connectivity index (χ2v) is 11.6.